The van der Waals surface area contributed by atoms with Crippen molar-refractivity contribution in [2.75, 3.05) is 11.9 Å². The van der Waals surface area contributed by atoms with Gasteiger partial charge >= 0.3 is 0 Å². The molecule has 0 aliphatic carbocycles. The van der Waals surface area contributed by atoms with Crippen molar-refractivity contribution >= 4 is 11.7 Å². The molecule has 1 amide bonds. The molecule has 0 bridgehead atoms. The van der Waals surface area contributed by atoms with Crippen LogP contribution in [0.15, 0.2) is 24.3 Å². The van der Waals surface area contributed by atoms with E-state index in [0.717, 1.165) is 41.8 Å². The summed E-state index contributed by atoms with van der Waals surface area (Å²) in [6, 6.07) is 10.00. The molecule has 1 fully saturated rings. The molecule has 9 nitrogen and oxygen atoms in total. The molecule has 1 atom stereocenters. The maximum Gasteiger partial charge on any atom is 0.249 e. The molecule has 2 aromatic heterocycles. The van der Waals surface area contributed by atoms with Crippen molar-refractivity contribution < 1.29 is 9.53 Å². The number of anilines is 1. The van der Waals surface area contributed by atoms with Gasteiger partial charge in [-0.1, -0.05) is 29.8 Å². The van der Waals surface area contributed by atoms with Crippen LogP contribution in [-0.4, -0.2) is 43.4 Å². The molecular weight excluding hydrogens is 394 g/mol. The van der Waals surface area contributed by atoms with E-state index >= 15 is 0 Å². The molecule has 1 saturated heterocycles. The lowest BCUT2D eigenvalue weighted by Gasteiger charge is -2.16. The van der Waals surface area contributed by atoms with Gasteiger partial charge in [0.1, 0.15) is 18.4 Å². The maximum absolute atomic E-state index is 12.8. The third kappa shape index (κ3) is 4.34. The Morgan fingerprint density at radius 1 is 1.29 bits per heavy atom. The Morgan fingerprint density at radius 3 is 2.74 bits per heavy atom. The molecule has 1 aliphatic heterocycles. The van der Waals surface area contributed by atoms with Crippen molar-refractivity contribution in [2.45, 2.75) is 52.8 Å². The number of aromatic nitrogens is 5. The summed E-state index contributed by atoms with van der Waals surface area (Å²) < 4.78 is 7.72. The smallest absolute Gasteiger partial charge is 0.249 e. The lowest BCUT2D eigenvalue weighted by Crippen LogP contribution is -2.24. The van der Waals surface area contributed by atoms with E-state index in [1.165, 1.54) is 4.80 Å². The second-order valence-electron chi connectivity index (χ2n) is 7.85. The minimum Gasteiger partial charge on any atom is -0.376 e. The minimum absolute atomic E-state index is 0.0849. The predicted molar refractivity (Wildman–Crippen MR) is 114 cm³/mol. The van der Waals surface area contributed by atoms with Gasteiger partial charge in [-0.25, -0.2) is 0 Å². The molecule has 0 radical (unpaired) electrons. The van der Waals surface area contributed by atoms with E-state index in [2.05, 4.69) is 26.8 Å². The van der Waals surface area contributed by atoms with Gasteiger partial charge in [0, 0.05) is 17.9 Å². The number of nitrogens with one attached hydrogen (secondary N) is 1. The first-order valence-corrected chi connectivity index (χ1v) is 10.3. The van der Waals surface area contributed by atoms with Crippen LogP contribution < -0.4 is 5.32 Å². The van der Waals surface area contributed by atoms with Crippen molar-refractivity contribution in [3.8, 4) is 17.5 Å². The van der Waals surface area contributed by atoms with Crippen LogP contribution in [0.2, 0.25) is 0 Å². The summed E-state index contributed by atoms with van der Waals surface area (Å²) >= 11 is 0. The Bertz CT molecular complexity index is 1130. The number of hydrogen-bond acceptors (Lipinski definition) is 6. The highest BCUT2D eigenvalue weighted by Crippen LogP contribution is 2.28. The van der Waals surface area contributed by atoms with Gasteiger partial charge in [0.15, 0.2) is 0 Å². The average molecular weight is 419 g/mol. The van der Waals surface area contributed by atoms with Crippen LogP contribution in [-0.2, 0) is 22.6 Å². The predicted octanol–water partition coefficient (Wildman–Crippen LogP) is 2.76. The average Bonchev–Trinajstić information content (AvgIpc) is 3.47. The first-order valence-electron chi connectivity index (χ1n) is 10.3. The molecule has 9 heteroatoms. The zero-order valence-corrected chi connectivity index (χ0v) is 17.9. The van der Waals surface area contributed by atoms with E-state index in [0.29, 0.717) is 23.8 Å². The Hall–Kier alpha value is -3.51. The summed E-state index contributed by atoms with van der Waals surface area (Å²) in [6.45, 7) is 7.09. The third-order valence-corrected chi connectivity index (χ3v) is 5.66. The summed E-state index contributed by atoms with van der Waals surface area (Å²) in [6.07, 6.45) is 2.08. The number of rotatable bonds is 6. The quantitative estimate of drug-likeness (QED) is 0.658. The third-order valence-electron chi connectivity index (χ3n) is 5.66. The van der Waals surface area contributed by atoms with Crippen LogP contribution in [0.4, 0.5) is 5.82 Å². The van der Waals surface area contributed by atoms with Gasteiger partial charge in [0.05, 0.1) is 18.2 Å². The summed E-state index contributed by atoms with van der Waals surface area (Å²) in [4.78, 5) is 14.0. The normalized spacial score (nSPS) is 15.7. The Labute approximate surface area is 180 Å². The van der Waals surface area contributed by atoms with Crippen molar-refractivity contribution in [3.05, 3.63) is 46.6 Å². The summed E-state index contributed by atoms with van der Waals surface area (Å²) in [7, 11) is 0. The zero-order chi connectivity index (χ0) is 22.0. The highest BCUT2D eigenvalue weighted by Gasteiger charge is 2.24. The fraction of sp³-hybridized carbons (Fsp3) is 0.409. The summed E-state index contributed by atoms with van der Waals surface area (Å²) in [5.41, 5.74) is 4.25. The first kappa shape index (κ1) is 20.8. The molecule has 0 saturated carbocycles. The largest absolute Gasteiger partial charge is 0.376 e. The molecular formula is C22H25N7O2. The van der Waals surface area contributed by atoms with Gasteiger partial charge < -0.3 is 14.6 Å². The van der Waals surface area contributed by atoms with E-state index in [1.54, 1.807) is 0 Å². The lowest BCUT2D eigenvalue weighted by molar-refractivity contribution is -0.117. The number of benzene rings is 1. The van der Waals surface area contributed by atoms with E-state index < -0.39 is 0 Å². The van der Waals surface area contributed by atoms with Gasteiger partial charge in [-0.2, -0.15) is 10.1 Å². The second-order valence-corrected chi connectivity index (χ2v) is 7.85. The van der Waals surface area contributed by atoms with Gasteiger partial charge in [0.25, 0.3) is 0 Å². The number of tetrazole rings is 1. The molecule has 1 N–H and O–H groups in total. The molecule has 31 heavy (non-hydrogen) atoms. The highest BCUT2D eigenvalue weighted by molar-refractivity contribution is 5.91. The summed E-state index contributed by atoms with van der Waals surface area (Å²) in [5.74, 6) is 0.631. The fourth-order valence-electron chi connectivity index (χ4n) is 3.78. The molecule has 3 heterocycles. The van der Waals surface area contributed by atoms with E-state index in [-0.39, 0.29) is 18.6 Å². The van der Waals surface area contributed by atoms with Crippen molar-refractivity contribution in [3.63, 3.8) is 0 Å². The number of carbonyl (C=O) groups excluding carboxylic acids is 1. The van der Waals surface area contributed by atoms with Crippen LogP contribution in [0, 0.1) is 32.1 Å². The van der Waals surface area contributed by atoms with E-state index in [1.807, 2.05) is 49.6 Å². The standard InChI is InChI=1S/C22H25N7O2/c1-14-6-8-17(9-7-14)21-25-27-29(26-21)13-20(30)24-22-19(11-23)15(2)16(3)28(22)12-18-5-4-10-31-18/h6-9,18H,4-5,10,12-13H2,1-3H3,(H,24,30). The molecule has 160 valence electrons. The number of aryl methyl sites for hydroxylation is 1. The van der Waals surface area contributed by atoms with Gasteiger partial charge in [-0.05, 0) is 44.4 Å². The SMILES string of the molecule is Cc1ccc(-c2nnn(CC(=O)Nc3c(C#N)c(C)c(C)n3CC3CCCO3)n2)cc1. The van der Waals surface area contributed by atoms with Crippen LogP contribution in [0.1, 0.15) is 35.2 Å². The molecule has 1 unspecified atom stereocenters. The Kier molecular flexibility index (Phi) is 5.82. The Balaban J connectivity index is 1.51. The second kappa shape index (κ2) is 8.70. The number of nitriles is 1. The van der Waals surface area contributed by atoms with Crippen LogP contribution in [0.3, 0.4) is 0 Å². The van der Waals surface area contributed by atoms with Gasteiger partial charge in [-0.15, -0.1) is 10.2 Å². The topological polar surface area (TPSA) is 111 Å². The van der Waals surface area contributed by atoms with E-state index in [9.17, 15) is 10.1 Å². The van der Waals surface area contributed by atoms with Crippen LogP contribution in [0.25, 0.3) is 11.4 Å². The monoisotopic (exact) mass is 419 g/mol. The number of amides is 1. The molecule has 3 aromatic rings. The Morgan fingerprint density at radius 2 is 2.06 bits per heavy atom. The zero-order valence-electron chi connectivity index (χ0n) is 17.9. The first-order chi connectivity index (χ1) is 15.0. The van der Waals surface area contributed by atoms with Gasteiger partial charge in [-0.3, -0.25) is 4.79 Å². The van der Waals surface area contributed by atoms with Gasteiger partial charge in [0.2, 0.25) is 11.7 Å². The number of carbonyl (C=O) groups is 1. The fourth-order valence-corrected chi connectivity index (χ4v) is 3.78. The van der Waals surface area contributed by atoms with Crippen LogP contribution in [0.5, 0.6) is 0 Å². The van der Waals surface area contributed by atoms with E-state index in [4.69, 9.17) is 4.74 Å². The molecule has 0 spiro atoms. The van der Waals surface area contributed by atoms with Crippen molar-refractivity contribution in [1.82, 2.24) is 24.8 Å². The molecule has 4 rings (SSSR count). The number of hydrogen-bond donors (Lipinski definition) is 1. The molecule has 1 aromatic carbocycles. The molecule has 1 aliphatic rings. The number of nitrogens with zero attached hydrogens (tertiary/aromatic N) is 6. The van der Waals surface area contributed by atoms with Crippen LogP contribution >= 0.6 is 0 Å². The van der Waals surface area contributed by atoms with Crippen molar-refractivity contribution in [1.29, 1.82) is 5.26 Å². The van der Waals surface area contributed by atoms with Crippen molar-refractivity contribution in [2.24, 2.45) is 0 Å². The summed E-state index contributed by atoms with van der Waals surface area (Å²) in [5, 5.41) is 24.9. The lowest BCUT2D eigenvalue weighted by atomic mass is 10.1. The minimum atomic E-state index is -0.324. The highest BCUT2D eigenvalue weighted by atomic mass is 16.5. The number of ether oxygens (including phenoxy) is 1. The maximum atomic E-state index is 12.8.